The lowest BCUT2D eigenvalue weighted by molar-refractivity contribution is -0.145. The molecule has 12 heteroatoms. The smallest absolute Gasteiger partial charge is 0.388 e. The second-order valence-corrected chi connectivity index (χ2v) is 9.69. The van der Waals surface area contributed by atoms with Crippen molar-refractivity contribution in [3.63, 3.8) is 0 Å². The summed E-state index contributed by atoms with van der Waals surface area (Å²) in [5.74, 6) is -4.05. The number of piperidine rings is 1. The van der Waals surface area contributed by atoms with Gasteiger partial charge in [-0.3, -0.25) is 14.4 Å². The molecule has 2 heterocycles. The molecule has 7 nitrogen and oxygen atoms in total. The maximum atomic E-state index is 14.4. The van der Waals surface area contributed by atoms with Crippen molar-refractivity contribution in [3.8, 4) is 5.88 Å². The molecule has 0 bridgehead atoms. The molecule has 2 aromatic rings. The van der Waals surface area contributed by atoms with Gasteiger partial charge in [-0.1, -0.05) is 38.1 Å². The number of aryl methyl sites for hydroxylation is 1. The van der Waals surface area contributed by atoms with Crippen molar-refractivity contribution in [1.29, 1.82) is 0 Å². The highest BCUT2D eigenvalue weighted by Crippen LogP contribution is 2.41. The van der Waals surface area contributed by atoms with E-state index in [0.717, 1.165) is 10.5 Å². The predicted octanol–water partition coefficient (Wildman–Crippen LogP) is 4.83. The Kier molecular flexibility index (Phi) is 9.63. The van der Waals surface area contributed by atoms with E-state index in [1.807, 2.05) is 19.9 Å². The van der Waals surface area contributed by atoms with E-state index in [1.165, 1.54) is 12.1 Å². The van der Waals surface area contributed by atoms with Crippen LogP contribution in [-0.2, 0) is 19.8 Å². The van der Waals surface area contributed by atoms with E-state index in [4.69, 9.17) is 0 Å². The van der Waals surface area contributed by atoms with Crippen LogP contribution >= 0.6 is 0 Å². The van der Waals surface area contributed by atoms with Crippen molar-refractivity contribution in [2.45, 2.75) is 63.9 Å². The zero-order valence-electron chi connectivity index (χ0n) is 21.7. The van der Waals surface area contributed by atoms with Gasteiger partial charge in [0.2, 0.25) is 29.9 Å². The Bertz CT molecular complexity index is 1200. The summed E-state index contributed by atoms with van der Waals surface area (Å²) in [6.07, 6.45) is -5.86. The number of ether oxygens (including phenoxy) is 1. The molecule has 0 radical (unpaired) electrons. The Hall–Kier alpha value is -3.57. The van der Waals surface area contributed by atoms with E-state index >= 15 is 0 Å². The number of hydrogen-bond acceptors (Lipinski definition) is 5. The van der Waals surface area contributed by atoms with E-state index in [1.54, 1.807) is 25.1 Å². The number of aromatic nitrogens is 1. The van der Waals surface area contributed by atoms with Gasteiger partial charge in [0, 0.05) is 18.8 Å². The third-order valence-electron chi connectivity index (χ3n) is 6.84. The van der Waals surface area contributed by atoms with Crippen LogP contribution in [0, 0.1) is 6.92 Å². The first-order valence-electron chi connectivity index (χ1n) is 12.4. The number of carbonyl (C=O) groups excluding carboxylic acids is 3. The molecule has 1 N–H and O–H groups in total. The molecule has 1 aromatic heterocycles. The van der Waals surface area contributed by atoms with Gasteiger partial charge in [-0.25, -0.2) is 18.2 Å². The third kappa shape index (κ3) is 6.54. The molecule has 1 fully saturated rings. The van der Waals surface area contributed by atoms with Gasteiger partial charge >= 0.3 is 6.61 Å². The number of ketones is 1. The number of rotatable bonds is 10. The van der Waals surface area contributed by atoms with Crippen LogP contribution in [0.25, 0.3) is 0 Å². The normalized spacial score (nSPS) is 16.6. The minimum Gasteiger partial charge on any atom is -0.415 e. The highest BCUT2D eigenvalue weighted by atomic mass is 19.3. The molecule has 1 aromatic carbocycles. The fourth-order valence-electron chi connectivity index (χ4n) is 4.74. The molecule has 2 atom stereocenters. The number of nitrogens with one attached hydrogen (secondary N) is 1. The topological polar surface area (TPSA) is 88.6 Å². The lowest BCUT2D eigenvalue weighted by Crippen LogP contribution is -2.54. The first kappa shape index (κ1) is 30.0. The van der Waals surface area contributed by atoms with Crippen LogP contribution in [0.5, 0.6) is 5.88 Å². The monoisotopic (exact) mass is 555 g/mol. The largest absolute Gasteiger partial charge is 0.415 e. The summed E-state index contributed by atoms with van der Waals surface area (Å²) < 4.78 is 71.4. The maximum Gasteiger partial charge on any atom is 0.388 e. The first-order valence-corrected chi connectivity index (χ1v) is 12.4. The molecule has 0 aliphatic carbocycles. The van der Waals surface area contributed by atoms with E-state index in [-0.39, 0.29) is 37.5 Å². The number of pyridine rings is 1. The fraction of sp³-hybridized carbons (Fsp3) is 0.481. The zero-order chi connectivity index (χ0) is 28.9. The van der Waals surface area contributed by atoms with Gasteiger partial charge in [0.1, 0.15) is 5.69 Å². The average Bonchev–Trinajstić information content (AvgIpc) is 2.92. The van der Waals surface area contributed by atoms with Crippen LogP contribution in [0.3, 0.4) is 0 Å². The second-order valence-electron chi connectivity index (χ2n) is 9.69. The van der Waals surface area contributed by atoms with Gasteiger partial charge < -0.3 is 15.0 Å². The van der Waals surface area contributed by atoms with E-state index in [9.17, 15) is 36.3 Å². The van der Waals surface area contributed by atoms with Crippen LogP contribution in [0.2, 0.25) is 0 Å². The molecule has 0 spiro atoms. The van der Waals surface area contributed by atoms with E-state index in [2.05, 4.69) is 15.0 Å². The van der Waals surface area contributed by atoms with Crippen molar-refractivity contribution < 1.29 is 41.1 Å². The van der Waals surface area contributed by atoms with Gasteiger partial charge in [0.15, 0.2) is 6.67 Å². The number of alkyl halides is 5. The molecule has 212 valence electrons. The summed E-state index contributed by atoms with van der Waals surface area (Å²) in [7, 11) is 0. The lowest BCUT2D eigenvalue weighted by atomic mass is 9.69. The lowest BCUT2D eigenvalue weighted by Gasteiger charge is -2.42. The highest BCUT2D eigenvalue weighted by Gasteiger charge is 2.47. The molecule has 2 unspecified atom stereocenters. The Morgan fingerprint density at radius 3 is 2.26 bits per heavy atom. The molecule has 1 saturated heterocycles. The quantitative estimate of drug-likeness (QED) is 0.425. The molecule has 3 rings (SSSR count). The van der Waals surface area contributed by atoms with Crippen molar-refractivity contribution in [1.82, 2.24) is 9.88 Å². The van der Waals surface area contributed by atoms with Crippen molar-refractivity contribution in [2.75, 3.05) is 25.1 Å². The number of amides is 2. The molecule has 2 amide bonds. The SMILES string of the molecule is Cc1ccc(NC(=O)C2(c3ccccc3C(C)C)CCN(C(=O)C(F)C(F)C(=O)CF)CC2)c(OC(F)F)n1. The summed E-state index contributed by atoms with van der Waals surface area (Å²) in [6, 6.07) is 10.0. The molecule has 39 heavy (non-hydrogen) atoms. The van der Waals surface area contributed by atoms with Crippen LogP contribution in [0.4, 0.5) is 27.6 Å². The summed E-state index contributed by atoms with van der Waals surface area (Å²) in [4.78, 5) is 42.7. The third-order valence-corrected chi connectivity index (χ3v) is 6.84. The number of nitrogens with zero attached hydrogens (tertiary/aromatic N) is 2. The van der Waals surface area contributed by atoms with Crippen molar-refractivity contribution in [3.05, 3.63) is 53.2 Å². The summed E-state index contributed by atoms with van der Waals surface area (Å²) in [5.41, 5.74) is 0.474. The Morgan fingerprint density at radius 2 is 1.67 bits per heavy atom. The van der Waals surface area contributed by atoms with Gasteiger partial charge in [0.25, 0.3) is 5.91 Å². The van der Waals surface area contributed by atoms with Gasteiger partial charge in [-0.2, -0.15) is 8.78 Å². The number of hydrogen-bond donors (Lipinski definition) is 1. The van der Waals surface area contributed by atoms with Crippen LogP contribution in [0.15, 0.2) is 36.4 Å². The van der Waals surface area contributed by atoms with Gasteiger partial charge in [-0.15, -0.1) is 0 Å². The number of Topliss-reactive ketones (excluding diaryl/α,β-unsaturated/α-hetero) is 1. The zero-order valence-corrected chi connectivity index (χ0v) is 21.7. The second kappa shape index (κ2) is 12.5. The number of benzene rings is 1. The molecule has 0 saturated carbocycles. The number of anilines is 1. The Balaban J connectivity index is 1.96. The Morgan fingerprint density at radius 1 is 1.03 bits per heavy atom. The Labute approximate surface area is 222 Å². The first-order chi connectivity index (χ1) is 18.4. The molecular weight excluding hydrogens is 525 g/mol. The standard InChI is InChI=1S/C27H30F5N3O4/c1-15(2)17-6-4-5-7-18(17)27(25(38)34-19-9-8-16(3)33-23(19)39-26(31)32)10-12-35(13-11-27)24(37)22(30)21(29)20(36)14-28/h4-9,15,21-22,26H,10-14H2,1-3H3,(H,34,38). The van der Waals surface area contributed by atoms with Crippen LogP contribution in [-0.4, -0.2) is 66.2 Å². The summed E-state index contributed by atoms with van der Waals surface area (Å²) >= 11 is 0. The van der Waals surface area contributed by atoms with E-state index < -0.39 is 54.5 Å². The summed E-state index contributed by atoms with van der Waals surface area (Å²) in [6.45, 7) is 0.145. The van der Waals surface area contributed by atoms with Crippen molar-refractivity contribution >= 4 is 23.3 Å². The van der Waals surface area contributed by atoms with Gasteiger partial charge in [0.05, 0.1) is 5.41 Å². The van der Waals surface area contributed by atoms with Crippen molar-refractivity contribution in [2.24, 2.45) is 0 Å². The van der Waals surface area contributed by atoms with Gasteiger partial charge in [-0.05, 0) is 48.9 Å². The highest BCUT2D eigenvalue weighted by molar-refractivity contribution is 6.00. The minimum absolute atomic E-state index is 0.0152. The average molecular weight is 556 g/mol. The fourth-order valence-corrected chi connectivity index (χ4v) is 4.74. The van der Waals surface area contributed by atoms with E-state index in [0.29, 0.717) is 11.3 Å². The number of carbonyl (C=O) groups is 3. The maximum absolute atomic E-state index is 14.4. The summed E-state index contributed by atoms with van der Waals surface area (Å²) in [5, 5.41) is 2.64. The molecule has 1 aliphatic rings. The predicted molar refractivity (Wildman–Crippen MR) is 133 cm³/mol. The molecule has 1 aliphatic heterocycles. The minimum atomic E-state index is -3.18. The van der Waals surface area contributed by atoms with Crippen LogP contribution < -0.4 is 10.1 Å². The van der Waals surface area contributed by atoms with Crippen LogP contribution in [0.1, 0.15) is 49.4 Å². The molecular formula is C27H30F5N3O4. The number of likely N-dealkylation sites (tertiary alicyclic amines) is 1. The number of halogens is 5.